The number of sulfonamides is 1. The number of para-hydroxylation sites is 1. The summed E-state index contributed by atoms with van der Waals surface area (Å²) in [5, 5.41) is 3.02. The summed E-state index contributed by atoms with van der Waals surface area (Å²) in [5.41, 5.74) is 1.08. The highest BCUT2D eigenvalue weighted by molar-refractivity contribution is 7.92. The molecule has 0 unspecified atom stereocenters. The highest BCUT2D eigenvalue weighted by Crippen LogP contribution is 2.32. The van der Waals surface area contributed by atoms with Gasteiger partial charge in [0.25, 0.3) is 10.0 Å². The molecule has 0 bridgehead atoms. The van der Waals surface area contributed by atoms with E-state index in [2.05, 4.69) is 15.0 Å². The first-order valence-corrected chi connectivity index (χ1v) is 9.54. The fourth-order valence-corrected chi connectivity index (χ4v) is 3.64. The van der Waals surface area contributed by atoms with E-state index in [9.17, 15) is 8.42 Å². The minimum absolute atomic E-state index is 0.0311. The zero-order valence-electron chi connectivity index (χ0n) is 14.8. The average Bonchev–Trinajstić information content (AvgIpc) is 2.68. The van der Waals surface area contributed by atoms with E-state index >= 15 is 0 Å². The molecule has 0 aliphatic heterocycles. The zero-order chi connectivity index (χ0) is 19.3. The molecule has 0 amide bonds. The number of nitrogens with zero attached hydrogens (tertiary/aromatic N) is 1. The number of benzene rings is 2. The molecule has 0 spiro atoms. The standard InChI is InChI=1S/C19H19N3O4S/c1-25-16-11-10-15(13-17(16)26-2)21-19-18(9-6-12-20-19)27(23,24)22-14-7-4-3-5-8-14/h3-13,22H,1-2H3,(H,20,21). The highest BCUT2D eigenvalue weighted by Gasteiger charge is 2.20. The molecule has 140 valence electrons. The number of aromatic nitrogens is 1. The minimum atomic E-state index is -3.82. The van der Waals surface area contributed by atoms with Crippen molar-refractivity contribution in [3.8, 4) is 11.5 Å². The molecule has 0 aliphatic carbocycles. The third-order valence-electron chi connectivity index (χ3n) is 3.73. The predicted molar refractivity (Wildman–Crippen MR) is 104 cm³/mol. The van der Waals surface area contributed by atoms with E-state index in [4.69, 9.17) is 9.47 Å². The molecule has 0 saturated heterocycles. The number of anilines is 3. The number of methoxy groups -OCH3 is 2. The van der Waals surface area contributed by atoms with Crippen LogP contribution in [0.4, 0.5) is 17.2 Å². The molecular formula is C19H19N3O4S. The van der Waals surface area contributed by atoms with Gasteiger partial charge in [-0.05, 0) is 36.4 Å². The zero-order valence-corrected chi connectivity index (χ0v) is 15.7. The second-order valence-corrected chi connectivity index (χ2v) is 7.17. The van der Waals surface area contributed by atoms with E-state index in [0.717, 1.165) is 0 Å². The van der Waals surface area contributed by atoms with Crippen LogP contribution < -0.4 is 19.5 Å². The Bertz CT molecular complexity index is 1020. The monoisotopic (exact) mass is 385 g/mol. The lowest BCUT2D eigenvalue weighted by atomic mass is 10.2. The second kappa shape index (κ2) is 7.96. The van der Waals surface area contributed by atoms with Crippen LogP contribution in [0.5, 0.6) is 11.5 Å². The van der Waals surface area contributed by atoms with Gasteiger partial charge in [-0.25, -0.2) is 13.4 Å². The number of ether oxygens (including phenoxy) is 2. The van der Waals surface area contributed by atoms with Gasteiger partial charge in [0, 0.05) is 23.6 Å². The van der Waals surface area contributed by atoms with Gasteiger partial charge in [0.05, 0.1) is 14.2 Å². The molecule has 2 N–H and O–H groups in total. The molecule has 7 nitrogen and oxygen atoms in total. The van der Waals surface area contributed by atoms with Crippen LogP contribution in [0.25, 0.3) is 0 Å². The van der Waals surface area contributed by atoms with E-state index in [1.54, 1.807) is 55.6 Å². The lowest BCUT2D eigenvalue weighted by molar-refractivity contribution is 0.355. The normalized spacial score (nSPS) is 10.9. The first-order valence-electron chi connectivity index (χ1n) is 8.05. The Morgan fingerprint density at radius 3 is 2.30 bits per heavy atom. The molecule has 0 aliphatic rings. The molecule has 8 heteroatoms. The Kier molecular flexibility index (Phi) is 5.46. The quantitative estimate of drug-likeness (QED) is 0.645. The van der Waals surface area contributed by atoms with Crippen LogP contribution in [0.2, 0.25) is 0 Å². The molecule has 0 saturated carbocycles. The van der Waals surface area contributed by atoms with Crippen molar-refractivity contribution in [2.75, 3.05) is 24.3 Å². The molecule has 1 aromatic heterocycles. The lowest BCUT2D eigenvalue weighted by Crippen LogP contribution is -2.15. The third kappa shape index (κ3) is 4.29. The van der Waals surface area contributed by atoms with Crippen molar-refractivity contribution in [2.45, 2.75) is 4.90 Å². The van der Waals surface area contributed by atoms with Crippen molar-refractivity contribution in [2.24, 2.45) is 0 Å². The summed E-state index contributed by atoms with van der Waals surface area (Å²) in [7, 11) is -0.748. The van der Waals surface area contributed by atoms with Gasteiger partial charge < -0.3 is 14.8 Å². The number of rotatable bonds is 7. The van der Waals surface area contributed by atoms with Crippen molar-refractivity contribution >= 4 is 27.2 Å². The summed E-state index contributed by atoms with van der Waals surface area (Å²) in [6, 6.07) is 16.9. The fourth-order valence-electron chi connectivity index (χ4n) is 2.47. The van der Waals surface area contributed by atoms with Gasteiger partial charge in [-0.15, -0.1) is 0 Å². The van der Waals surface area contributed by atoms with Gasteiger partial charge in [0.2, 0.25) is 0 Å². The van der Waals surface area contributed by atoms with Gasteiger partial charge >= 0.3 is 0 Å². The van der Waals surface area contributed by atoms with Gasteiger partial charge in [-0.1, -0.05) is 18.2 Å². The molecule has 27 heavy (non-hydrogen) atoms. The number of hydrogen-bond donors (Lipinski definition) is 2. The van der Waals surface area contributed by atoms with Crippen molar-refractivity contribution in [1.82, 2.24) is 4.98 Å². The fraction of sp³-hybridized carbons (Fsp3) is 0.105. The molecule has 0 fully saturated rings. The summed E-state index contributed by atoms with van der Waals surface area (Å²) in [5.74, 6) is 1.29. The topological polar surface area (TPSA) is 89.5 Å². The first kappa shape index (κ1) is 18.5. The van der Waals surface area contributed by atoms with Gasteiger partial charge in [-0.2, -0.15) is 0 Å². The van der Waals surface area contributed by atoms with E-state index in [0.29, 0.717) is 22.9 Å². The van der Waals surface area contributed by atoms with Crippen LogP contribution in [0.1, 0.15) is 0 Å². The van der Waals surface area contributed by atoms with Gasteiger partial charge in [0.1, 0.15) is 4.90 Å². The summed E-state index contributed by atoms with van der Waals surface area (Å²) in [6.07, 6.45) is 1.52. The number of nitrogens with one attached hydrogen (secondary N) is 2. The second-order valence-electron chi connectivity index (χ2n) is 5.52. The number of pyridine rings is 1. The molecule has 3 aromatic rings. The van der Waals surface area contributed by atoms with Crippen molar-refractivity contribution in [3.63, 3.8) is 0 Å². The summed E-state index contributed by atoms with van der Waals surface area (Å²) in [6.45, 7) is 0. The van der Waals surface area contributed by atoms with Crippen LogP contribution in [0.3, 0.4) is 0 Å². The Morgan fingerprint density at radius 1 is 0.852 bits per heavy atom. The maximum atomic E-state index is 12.8. The van der Waals surface area contributed by atoms with Crippen LogP contribution in [-0.4, -0.2) is 27.6 Å². The Labute approximate surface area is 158 Å². The van der Waals surface area contributed by atoms with Crippen LogP contribution in [0, 0.1) is 0 Å². The predicted octanol–water partition coefficient (Wildman–Crippen LogP) is 3.64. The molecule has 0 radical (unpaired) electrons. The Balaban J connectivity index is 1.92. The van der Waals surface area contributed by atoms with E-state index in [1.807, 2.05) is 6.07 Å². The summed E-state index contributed by atoms with van der Waals surface area (Å²) >= 11 is 0. The summed E-state index contributed by atoms with van der Waals surface area (Å²) in [4.78, 5) is 4.21. The van der Waals surface area contributed by atoms with Gasteiger partial charge in [0.15, 0.2) is 17.3 Å². The average molecular weight is 385 g/mol. The largest absolute Gasteiger partial charge is 0.493 e. The third-order valence-corrected chi connectivity index (χ3v) is 5.15. The number of hydrogen-bond acceptors (Lipinski definition) is 6. The van der Waals surface area contributed by atoms with E-state index in [1.165, 1.54) is 19.4 Å². The molecule has 0 atom stereocenters. The first-order chi connectivity index (χ1) is 13.0. The van der Waals surface area contributed by atoms with E-state index < -0.39 is 10.0 Å². The lowest BCUT2D eigenvalue weighted by Gasteiger charge is -2.14. The maximum absolute atomic E-state index is 12.8. The van der Waals surface area contributed by atoms with Crippen LogP contribution in [-0.2, 0) is 10.0 Å². The molecule has 1 heterocycles. The van der Waals surface area contributed by atoms with Crippen LogP contribution >= 0.6 is 0 Å². The Hall–Kier alpha value is -3.26. The van der Waals surface area contributed by atoms with Crippen molar-refractivity contribution in [1.29, 1.82) is 0 Å². The molecule has 2 aromatic carbocycles. The highest BCUT2D eigenvalue weighted by atomic mass is 32.2. The molecule has 3 rings (SSSR count). The van der Waals surface area contributed by atoms with Crippen LogP contribution in [0.15, 0.2) is 71.8 Å². The SMILES string of the molecule is COc1ccc(Nc2ncccc2S(=O)(=O)Nc2ccccc2)cc1OC. The minimum Gasteiger partial charge on any atom is -0.493 e. The summed E-state index contributed by atoms with van der Waals surface area (Å²) < 4.78 is 38.6. The molecular weight excluding hydrogens is 366 g/mol. The van der Waals surface area contributed by atoms with E-state index in [-0.39, 0.29) is 10.7 Å². The Morgan fingerprint density at radius 2 is 1.59 bits per heavy atom. The smallest absolute Gasteiger partial charge is 0.265 e. The van der Waals surface area contributed by atoms with Crippen molar-refractivity contribution in [3.05, 3.63) is 66.9 Å². The maximum Gasteiger partial charge on any atom is 0.265 e. The van der Waals surface area contributed by atoms with Gasteiger partial charge in [-0.3, -0.25) is 4.72 Å². The van der Waals surface area contributed by atoms with Crippen molar-refractivity contribution < 1.29 is 17.9 Å².